The Labute approximate surface area is 178 Å². The van der Waals surface area contributed by atoms with Gasteiger partial charge in [0.1, 0.15) is 11.6 Å². The van der Waals surface area contributed by atoms with Gasteiger partial charge in [-0.15, -0.1) is 0 Å². The molecule has 5 rings (SSSR count). The van der Waals surface area contributed by atoms with Crippen molar-refractivity contribution in [2.75, 3.05) is 98.4 Å². The highest BCUT2D eigenvalue weighted by Gasteiger charge is 2.24. The number of nitrogens with zero attached hydrogens (tertiary/aromatic N) is 6. The lowest BCUT2D eigenvalue weighted by atomic mass is 10.2. The van der Waals surface area contributed by atoms with E-state index in [2.05, 4.69) is 56.0 Å². The Kier molecular flexibility index (Phi) is 5.85. The minimum atomic E-state index is 0.752. The Morgan fingerprint density at radius 3 is 1.60 bits per heavy atom. The first-order valence-electron chi connectivity index (χ1n) is 11.0. The van der Waals surface area contributed by atoms with Crippen molar-refractivity contribution in [3.63, 3.8) is 0 Å². The Balaban J connectivity index is 1.36. The highest BCUT2D eigenvalue weighted by molar-refractivity contribution is 5.57. The molecule has 0 N–H and O–H groups in total. The number of ether oxygens (including phenoxy) is 2. The fourth-order valence-corrected chi connectivity index (χ4v) is 4.26. The summed E-state index contributed by atoms with van der Waals surface area (Å²) in [7, 11) is 0. The molecule has 2 aromatic rings. The van der Waals surface area contributed by atoms with E-state index in [0.29, 0.717) is 0 Å². The van der Waals surface area contributed by atoms with Crippen LogP contribution in [-0.4, -0.2) is 88.8 Å². The summed E-state index contributed by atoms with van der Waals surface area (Å²) in [5.41, 5.74) is 1.29. The fourth-order valence-electron chi connectivity index (χ4n) is 4.26. The molecule has 3 aliphatic rings. The summed E-state index contributed by atoms with van der Waals surface area (Å²) in [6.45, 7) is 10.3. The van der Waals surface area contributed by atoms with Crippen molar-refractivity contribution in [3.05, 3.63) is 36.4 Å². The van der Waals surface area contributed by atoms with Crippen molar-refractivity contribution in [2.24, 2.45) is 0 Å². The standard InChI is InChI=1S/C22H30N6O2/c1-2-4-19(5-3-1)25-6-8-28(9-7-25)22-23-20(26-10-14-29-15-11-26)18-21(24-22)27-12-16-30-17-13-27/h1-5,18H,6-17H2. The summed E-state index contributed by atoms with van der Waals surface area (Å²) in [5, 5.41) is 0. The van der Waals surface area contributed by atoms with Crippen molar-refractivity contribution < 1.29 is 9.47 Å². The van der Waals surface area contributed by atoms with Crippen LogP contribution in [0.25, 0.3) is 0 Å². The molecular formula is C22H30N6O2. The average molecular weight is 411 g/mol. The molecule has 0 aliphatic carbocycles. The largest absolute Gasteiger partial charge is 0.378 e. The van der Waals surface area contributed by atoms with Crippen LogP contribution >= 0.6 is 0 Å². The van der Waals surface area contributed by atoms with Crippen LogP contribution < -0.4 is 19.6 Å². The van der Waals surface area contributed by atoms with E-state index < -0.39 is 0 Å². The SMILES string of the molecule is c1ccc(N2CCN(c3nc(N4CCOCC4)cc(N4CCOCC4)n3)CC2)cc1. The van der Waals surface area contributed by atoms with Crippen molar-refractivity contribution >= 4 is 23.3 Å². The number of hydrogen-bond donors (Lipinski definition) is 0. The average Bonchev–Trinajstić information content (AvgIpc) is 2.85. The third-order valence-electron chi connectivity index (χ3n) is 6.04. The summed E-state index contributed by atoms with van der Waals surface area (Å²) in [6.07, 6.45) is 0. The van der Waals surface area contributed by atoms with E-state index >= 15 is 0 Å². The van der Waals surface area contributed by atoms with Gasteiger partial charge in [0.05, 0.1) is 26.4 Å². The highest BCUT2D eigenvalue weighted by atomic mass is 16.5. The molecule has 0 unspecified atom stereocenters. The molecule has 0 spiro atoms. The van der Waals surface area contributed by atoms with E-state index in [1.54, 1.807) is 0 Å². The quantitative estimate of drug-likeness (QED) is 0.751. The number of aromatic nitrogens is 2. The summed E-state index contributed by atoms with van der Waals surface area (Å²) in [4.78, 5) is 19.4. The third kappa shape index (κ3) is 4.29. The van der Waals surface area contributed by atoms with Crippen LogP contribution in [0.15, 0.2) is 36.4 Å². The lowest BCUT2D eigenvalue weighted by molar-refractivity contribution is 0.122. The second-order valence-corrected chi connectivity index (χ2v) is 7.89. The normalized spacial score (nSPS) is 20.5. The van der Waals surface area contributed by atoms with Crippen molar-refractivity contribution in [1.82, 2.24) is 9.97 Å². The fraction of sp³-hybridized carbons (Fsp3) is 0.545. The van der Waals surface area contributed by atoms with Crippen LogP contribution in [0.5, 0.6) is 0 Å². The maximum absolute atomic E-state index is 5.54. The predicted molar refractivity (Wildman–Crippen MR) is 119 cm³/mol. The van der Waals surface area contributed by atoms with Gasteiger partial charge >= 0.3 is 0 Å². The van der Waals surface area contributed by atoms with Crippen LogP contribution in [0, 0.1) is 0 Å². The molecule has 0 saturated carbocycles. The van der Waals surface area contributed by atoms with Gasteiger partial charge in [-0.2, -0.15) is 9.97 Å². The number of hydrogen-bond acceptors (Lipinski definition) is 8. The zero-order valence-corrected chi connectivity index (χ0v) is 17.4. The Morgan fingerprint density at radius 2 is 1.07 bits per heavy atom. The molecule has 4 heterocycles. The molecule has 160 valence electrons. The van der Waals surface area contributed by atoms with Gasteiger partial charge in [-0.05, 0) is 12.1 Å². The maximum Gasteiger partial charge on any atom is 0.229 e. The third-order valence-corrected chi connectivity index (χ3v) is 6.04. The van der Waals surface area contributed by atoms with E-state index in [1.165, 1.54) is 5.69 Å². The van der Waals surface area contributed by atoms with E-state index in [0.717, 1.165) is 96.4 Å². The minimum Gasteiger partial charge on any atom is -0.378 e. The molecule has 3 fully saturated rings. The van der Waals surface area contributed by atoms with Crippen molar-refractivity contribution in [2.45, 2.75) is 0 Å². The summed E-state index contributed by atoms with van der Waals surface area (Å²) in [6, 6.07) is 12.8. The molecule has 8 nitrogen and oxygen atoms in total. The van der Waals surface area contributed by atoms with Gasteiger partial charge in [0, 0.05) is 64.1 Å². The summed E-state index contributed by atoms with van der Waals surface area (Å²) in [5.74, 6) is 2.86. The molecule has 3 saturated heterocycles. The summed E-state index contributed by atoms with van der Waals surface area (Å²) < 4.78 is 11.1. The van der Waals surface area contributed by atoms with Gasteiger partial charge in [0.15, 0.2) is 0 Å². The smallest absolute Gasteiger partial charge is 0.229 e. The lowest BCUT2D eigenvalue weighted by Gasteiger charge is -2.37. The van der Waals surface area contributed by atoms with E-state index in [4.69, 9.17) is 19.4 Å². The molecule has 0 amide bonds. The van der Waals surface area contributed by atoms with Gasteiger partial charge < -0.3 is 29.1 Å². The van der Waals surface area contributed by atoms with E-state index in [1.807, 2.05) is 0 Å². The number of benzene rings is 1. The van der Waals surface area contributed by atoms with Crippen LogP contribution in [0.3, 0.4) is 0 Å². The van der Waals surface area contributed by atoms with E-state index in [9.17, 15) is 0 Å². The van der Waals surface area contributed by atoms with Gasteiger partial charge in [-0.25, -0.2) is 0 Å². The van der Waals surface area contributed by atoms with Gasteiger partial charge in [0.25, 0.3) is 0 Å². The second-order valence-electron chi connectivity index (χ2n) is 7.89. The molecule has 1 aromatic heterocycles. The highest BCUT2D eigenvalue weighted by Crippen LogP contribution is 2.26. The molecule has 8 heteroatoms. The molecule has 0 bridgehead atoms. The second kappa shape index (κ2) is 9.06. The Morgan fingerprint density at radius 1 is 0.567 bits per heavy atom. The first-order valence-corrected chi connectivity index (χ1v) is 11.0. The molecule has 1 aromatic carbocycles. The maximum atomic E-state index is 5.54. The lowest BCUT2D eigenvalue weighted by Crippen LogP contribution is -2.47. The first-order chi connectivity index (χ1) is 14.9. The minimum absolute atomic E-state index is 0.752. The van der Waals surface area contributed by atoms with Gasteiger partial charge in [0.2, 0.25) is 5.95 Å². The van der Waals surface area contributed by atoms with Crippen LogP contribution in [-0.2, 0) is 9.47 Å². The van der Waals surface area contributed by atoms with Crippen LogP contribution in [0.2, 0.25) is 0 Å². The topological polar surface area (TPSA) is 57.2 Å². The Hall–Kier alpha value is -2.58. The monoisotopic (exact) mass is 410 g/mol. The number of morpholine rings is 2. The number of rotatable bonds is 4. The summed E-state index contributed by atoms with van der Waals surface area (Å²) >= 11 is 0. The van der Waals surface area contributed by atoms with Crippen LogP contribution in [0.1, 0.15) is 0 Å². The van der Waals surface area contributed by atoms with Gasteiger partial charge in [-0.3, -0.25) is 0 Å². The molecular weight excluding hydrogens is 380 g/mol. The number of anilines is 4. The Bertz CT molecular complexity index is 779. The molecule has 3 aliphatic heterocycles. The van der Waals surface area contributed by atoms with E-state index in [-0.39, 0.29) is 0 Å². The van der Waals surface area contributed by atoms with Crippen LogP contribution in [0.4, 0.5) is 23.3 Å². The first kappa shape index (κ1) is 19.4. The van der Waals surface area contributed by atoms with Crippen molar-refractivity contribution in [3.8, 4) is 0 Å². The molecule has 0 radical (unpaired) electrons. The zero-order valence-electron chi connectivity index (χ0n) is 17.4. The van der Waals surface area contributed by atoms with Gasteiger partial charge in [-0.1, -0.05) is 18.2 Å². The predicted octanol–water partition coefficient (Wildman–Crippen LogP) is 1.48. The number of piperazine rings is 1. The zero-order chi connectivity index (χ0) is 20.2. The van der Waals surface area contributed by atoms with Crippen molar-refractivity contribution in [1.29, 1.82) is 0 Å². The molecule has 30 heavy (non-hydrogen) atoms. The number of para-hydroxylation sites is 1. The molecule has 0 atom stereocenters.